The van der Waals surface area contributed by atoms with E-state index >= 15 is 0 Å². The number of piperazine rings is 1. The first-order valence-electron chi connectivity index (χ1n) is 5.92. The summed E-state index contributed by atoms with van der Waals surface area (Å²) in [7, 11) is 1.19. The fraction of sp³-hybridized carbons (Fsp3) is 0.909. The molecule has 0 unspecified atom stereocenters. The molecule has 1 rings (SSSR count). The summed E-state index contributed by atoms with van der Waals surface area (Å²) in [5.74, 6) is -0.498. The normalized spacial score (nSPS) is 18.8. The van der Waals surface area contributed by atoms with Crippen molar-refractivity contribution in [1.82, 2.24) is 15.1 Å². The number of hydrogen-bond acceptors (Lipinski definition) is 3. The van der Waals surface area contributed by atoms with Gasteiger partial charge in [-0.3, -0.25) is 9.69 Å². The van der Waals surface area contributed by atoms with Crippen molar-refractivity contribution in [2.24, 2.45) is 0 Å². The number of nitrogens with zero attached hydrogens (tertiary/aromatic N) is 2. The molecule has 18 heavy (non-hydrogen) atoms. The molecule has 1 fully saturated rings. The van der Waals surface area contributed by atoms with Crippen molar-refractivity contribution in [1.29, 1.82) is 0 Å². The van der Waals surface area contributed by atoms with Gasteiger partial charge in [0.2, 0.25) is 5.91 Å². The van der Waals surface area contributed by atoms with Crippen LogP contribution in [0.2, 0.25) is 0 Å². The summed E-state index contributed by atoms with van der Waals surface area (Å²) in [5, 5.41) is 3.15. The number of carbonyl (C=O) groups is 1. The van der Waals surface area contributed by atoms with Crippen molar-refractivity contribution in [2.75, 3.05) is 39.8 Å². The van der Waals surface area contributed by atoms with Crippen LogP contribution in [-0.2, 0) is 4.79 Å². The van der Waals surface area contributed by atoms with Gasteiger partial charge in [-0.25, -0.2) is 0 Å². The van der Waals surface area contributed by atoms with Crippen molar-refractivity contribution in [2.45, 2.75) is 25.6 Å². The van der Waals surface area contributed by atoms with Crippen LogP contribution < -0.4 is 5.32 Å². The van der Waals surface area contributed by atoms with Gasteiger partial charge in [-0.05, 0) is 13.8 Å². The molecule has 0 saturated carbocycles. The van der Waals surface area contributed by atoms with Gasteiger partial charge in [-0.15, -0.1) is 0 Å². The molecular formula is C11H20F3N3O. The number of likely N-dealkylation sites (N-methyl/N-ethyl adjacent to an activating group) is 1. The third-order valence-electron chi connectivity index (χ3n) is 3.19. The Hall–Kier alpha value is -0.820. The number of nitrogens with one attached hydrogen (secondary N) is 1. The summed E-state index contributed by atoms with van der Waals surface area (Å²) < 4.78 is 36.8. The average molecular weight is 267 g/mol. The van der Waals surface area contributed by atoms with Crippen molar-refractivity contribution in [3.05, 3.63) is 0 Å². The molecule has 1 heterocycles. The highest BCUT2D eigenvalue weighted by molar-refractivity contribution is 5.85. The zero-order chi connectivity index (χ0) is 14.0. The maximum atomic E-state index is 12.3. The van der Waals surface area contributed by atoms with Gasteiger partial charge >= 0.3 is 6.18 Å². The lowest BCUT2D eigenvalue weighted by molar-refractivity contribution is -0.165. The van der Waals surface area contributed by atoms with Crippen LogP contribution in [0.4, 0.5) is 13.2 Å². The SMILES string of the molecule is CN(CC(F)(F)F)C(=O)C(C)(C)N1CCNCC1. The Morgan fingerprint density at radius 3 is 2.22 bits per heavy atom. The summed E-state index contributed by atoms with van der Waals surface area (Å²) in [6.45, 7) is 4.97. The predicted octanol–water partition coefficient (Wildman–Crippen LogP) is 0.691. The minimum atomic E-state index is -4.36. The van der Waals surface area contributed by atoms with Crippen LogP contribution >= 0.6 is 0 Å². The number of carbonyl (C=O) groups excluding carboxylic acids is 1. The van der Waals surface area contributed by atoms with E-state index in [4.69, 9.17) is 0 Å². The van der Waals surface area contributed by atoms with E-state index in [-0.39, 0.29) is 0 Å². The Labute approximate surface area is 105 Å². The molecule has 1 amide bonds. The topological polar surface area (TPSA) is 35.6 Å². The van der Waals surface area contributed by atoms with Crippen LogP contribution in [0.5, 0.6) is 0 Å². The molecule has 1 saturated heterocycles. The zero-order valence-corrected chi connectivity index (χ0v) is 11.0. The lowest BCUT2D eigenvalue weighted by atomic mass is 9.99. The highest BCUT2D eigenvalue weighted by atomic mass is 19.4. The van der Waals surface area contributed by atoms with Crippen LogP contribution in [0.15, 0.2) is 0 Å². The van der Waals surface area contributed by atoms with E-state index in [0.29, 0.717) is 13.1 Å². The van der Waals surface area contributed by atoms with Gasteiger partial charge < -0.3 is 10.2 Å². The van der Waals surface area contributed by atoms with E-state index in [1.54, 1.807) is 13.8 Å². The third kappa shape index (κ3) is 3.84. The molecule has 0 atom stereocenters. The molecule has 0 bridgehead atoms. The monoisotopic (exact) mass is 267 g/mol. The van der Waals surface area contributed by atoms with E-state index in [1.165, 1.54) is 7.05 Å². The minimum Gasteiger partial charge on any atom is -0.335 e. The third-order valence-corrected chi connectivity index (χ3v) is 3.19. The van der Waals surface area contributed by atoms with Crippen molar-refractivity contribution >= 4 is 5.91 Å². The van der Waals surface area contributed by atoms with Crippen molar-refractivity contribution in [3.63, 3.8) is 0 Å². The molecule has 1 aliphatic heterocycles. The number of hydrogen-bond donors (Lipinski definition) is 1. The Morgan fingerprint density at radius 1 is 1.28 bits per heavy atom. The van der Waals surface area contributed by atoms with E-state index < -0.39 is 24.2 Å². The van der Waals surface area contributed by atoms with Gasteiger partial charge in [-0.2, -0.15) is 13.2 Å². The average Bonchev–Trinajstić information content (AvgIpc) is 2.27. The first kappa shape index (κ1) is 15.2. The highest BCUT2D eigenvalue weighted by Gasteiger charge is 2.40. The predicted molar refractivity (Wildman–Crippen MR) is 62.2 cm³/mol. The van der Waals surface area contributed by atoms with E-state index in [0.717, 1.165) is 18.0 Å². The molecule has 4 nitrogen and oxygen atoms in total. The van der Waals surface area contributed by atoms with Gasteiger partial charge in [0.15, 0.2) is 0 Å². The Kier molecular flexibility index (Phi) is 4.61. The number of alkyl halides is 3. The van der Waals surface area contributed by atoms with Crippen LogP contribution in [-0.4, -0.2) is 67.2 Å². The van der Waals surface area contributed by atoms with Crippen LogP contribution in [0.25, 0.3) is 0 Å². The molecule has 0 radical (unpaired) electrons. The second-order valence-electron chi connectivity index (χ2n) is 5.07. The van der Waals surface area contributed by atoms with E-state index in [2.05, 4.69) is 5.32 Å². The fourth-order valence-corrected chi connectivity index (χ4v) is 2.17. The van der Waals surface area contributed by atoms with Crippen LogP contribution in [0, 0.1) is 0 Å². The van der Waals surface area contributed by atoms with Crippen molar-refractivity contribution in [3.8, 4) is 0 Å². The zero-order valence-electron chi connectivity index (χ0n) is 11.0. The fourth-order valence-electron chi connectivity index (χ4n) is 2.17. The quantitative estimate of drug-likeness (QED) is 0.817. The molecule has 0 aliphatic carbocycles. The van der Waals surface area contributed by atoms with E-state index in [9.17, 15) is 18.0 Å². The number of halogens is 3. The van der Waals surface area contributed by atoms with Gasteiger partial charge in [0.1, 0.15) is 6.54 Å². The first-order valence-corrected chi connectivity index (χ1v) is 5.92. The molecular weight excluding hydrogens is 247 g/mol. The summed E-state index contributed by atoms with van der Waals surface area (Å²) in [6, 6.07) is 0. The number of rotatable bonds is 3. The van der Waals surface area contributed by atoms with Crippen LogP contribution in [0.1, 0.15) is 13.8 Å². The van der Waals surface area contributed by atoms with Crippen molar-refractivity contribution < 1.29 is 18.0 Å². The lowest BCUT2D eigenvalue weighted by Crippen LogP contribution is -2.60. The summed E-state index contributed by atoms with van der Waals surface area (Å²) >= 11 is 0. The van der Waals surface area contributed by atoms with Gasteiger partial charge in [0.05, 0.1) is 5.54 Å². The summed E-state index contributed by atoms with van der Waals surface area (Å²) in [5.41, 5.74) is -0.901. The summed E-state index contributed by atoms with van der Waals surface area (Å²) in [6.07, 6.45) is -4.36. The summed E-state index contributed by atoms with van der Waals surface area (Å²) in [4.78, 5) is 14.8. The maximum absolute atomic E-state index is 12.3. The van der Waals surface area contributed by atoms with Gasteiger partial charge in [0.25, 0.3) is 0 Å². The first-order chi connectivity index (χ1) is 8.14. The standard InChI is InChI=1S/C11H20F3N3O/c1-10(2,17-6-4-15-5-7-17)9(18)16(3)8-11(12,13)14/h15H,4-8H2,1-3H3. The Balaban J connectivity index is 2.68. The molecule has 106 valence electrons. The van der Waals surface area contributed by atoms with Gasteiger partial charge in [0, 0.05) is 33.2 Å². The molecule has 0 aromatic rings. The minimum absolute atomic E-state index is 0.498. The Bertz CT molecular complexity index is 298. The molecule has 1 aliphatic rings. The molecule has 0 aromatic carbocycles. The molecule has 0 spiro atoms. The lowest BCUT2D eigenvalue weighted by Gasteiger charge is -2.41. The molecule has 0 aromatic heterocycles. The maximum Gasteiger partial charge on any atom is 0.406 e. The second-order valence-corrected chi connectivity index (χ2v) is 5.07. The second kappa shape index (κ2) is 5.44. The largest absolute Gasteiger partial charge is 0.406 e. The van der Waals surface area contributed by atoms with Gasteiger partial charge in [-0.1, -0.05) is 0 Å². The van der Waals surface area contributed by atoms with Crippen LogP contribution in [0.3, 0.4) is 0 Å². The highest BCUT2D eigenvalue weighted by Crippen LogP contribution is 2.21. The molecule has 1 N–H and O–H groups in total. The number of amides is 1. The van der Waals surface area contributed by atoms with E-state index in [1.807, 2.05) is 4.90 Å². The molecule has 7 heteroatoms. The smallest absolute Gasteiger partial charge is 0.335 e. The Morgan fingerprint density at radius 2 is 1.78 bits per heavy atom.